The topological polar surface area (TPSA) is 17.8 Å². The molecule has 9 aromatic rings. The van der Waals surface area contributed by atoms with Crippen LogP contribution in [0.1, 0.15) is 35.1 Å². The zero-order chi connectivity index (χ0) is 35.7. The fourth-order valence-corrected chi connectivity index (χ4v) is 10.0. The molecule has 254 valence electrons. The van der Waals surface area contributed by atoms with Gasteiger partial charge in [-0.3, -0.25) is 0 Å². The number of para-hydroxylation sites is 1. The van der Waals surface area contributed by atoms with Crippen molar-refractivity contribution in [2.45, 2.75) is 18.3 Å². The molecule has 0 bridgehead atoms. The van der Waals surface area contributed by atoms with E-state index in [9.17, 15) is 8.78 Å². The zero-order valence-corrected chi connectivity index (χ0v) is 29.1. The molecule has 54 heavy (non-hydrogen) atoms. The highest BCUT2D eigenvalue weighted by Crippen LogP contribution is 2.65. The van der Waals surface area contributed by atoms with Crippen LogP contribution in [0.4, 0.5) is 8.78 Å². The average molecular weight is 697 g/mol. The predicted octanol–water partition coefficient (Wildman–Crippen LogP) is 12.9. The first-order chi connectivity index (χ1) is 26.6. The third-order valence-corrected chi connectivity index (χ3v) is 12.1. The highest BCUT2D eigenvalue weighted by molar-refractivity contribution is 6.15. The van der Waals surface area contributed by atoms with Crippen molar-refractivity contribution in [1.29, 1.82) is 0 Å². The SMILES string of the molecule is Fc1ccc2c(c1)c1cc(F)ccc1n2-c1cccc(-c2nc3ccccc3c3cc4c(cc23)C2=CCCC=C2C42c3ccccc3-c3ccccc32)c1. The predicted molar refractivity (Wildman–Crippen MR) is 216 cm³/mol. The smallest absolute Gasteiger partial charge is 0.123 e. The van der Waals surface area contributed by atoms with E-state index in [1.807, 2.05) is 0 Å². The minimum atomic E-state index is -0.400. The zero-order valence-electron chi connectivity index (χ0n) is 29.1. The number of benzene rings is 7. The van der Waals surface area contributed by atoms with Gasteiger partial charge in [-0.2, -0.15) is 0 Å². The molecular formula is C50H30F2N2. The molecule has 12 rings (SSSR count). The summed E-state index contributed by atoms with van der Waals surface area (Å²) in [7, 11) is 0. The molecule has 3 aliphatic carbocycles. The Hall–Kier alpha value is -6.65. The molecule has 0 saturated carbocycles. The minimum Gasteiger partial charge on any atom is -0.309 e. The lowest BCUT2D eigenvalue weighted by molar-refractivity contribution is 0.628. The van der Waals surface area contributed by atoms with Gasteiger partial charge in [0.1, 0.15) is 11.6 Å². The van der Waals surface area contributed by atoms with Crippen LogP contribution >= 0.6 is 0 Å². The van der Waals surface area contributed by atoms with Gasteiger partial charge in [-0.1, -0.05) is 91.0 Å². The van der Waals surface area contributed by atoms with Crippen molar-refractivity contribution in [3.8, 4) is 28.1 Å². The van der Waals surface area contributed by atoms with Crippen molar-refractivity contribution < 1.29 is 8.78 Å². The molecule has 2 heterocycles. The highest BCUT2D eigenvalue weighted by Gasteiger charge is 2.53. The number of halogens is 2. The van der Waals surface area contributed by atoms with Gasteiger partial charge in [0.05, 0.1) is 27.7 Å². The normalized spacial score (nSPS) is 15.1. The number of fused-ring (bicyclic) bond motifs is 16. The summed E-state index contributed by atoms with van der Waals surface area (Å²) in [5, 5.41) is 4.73. The lowest BCUT2D eigenvalue weighted by atomic mass is 9.69. The summed E-state index contributed by atoms with van der Waals surface area (Å²) < 4.78 is 31.2. The van der Waals surface area contributed by atoms with Gasteiger partial charge in [-0.15, -0.1) is 0 Å². The summed E-state index contributed by atoms with van der Waals surface area (Å²) in [5.74, 6) is -0.701. The molecule has 7 aromatic carbocycles. The van der Waals surface area contributed by atoms with Crippen LogP contribution in [0, 0.1) is 11.6 Å². The van der Waals surface area contributed by atoms with Crippen LogP contribution in [-0.2, 0) is 5.41 Å². The van der Waals surface area contributed by atoms with E-state index in [0.29, 0.717) is 10.8 Å². The Morgan fingerprint density at radius 2 is 1.17 bits per heavy atom. The summed E-state index contributed by atoms with van der Waals surface area (Å²) in [6, 6.07) is 49.1. The monoisotopic (exact) mass is 696 g/mol. The van der Waals surface area contributed by atoms with Gasteiger partial charge < -0.3 is 4.57 Å². The van der Waals surface area contributed by atoms with Crippen LogP contribution in [0.5, 0.6) is 0 Å². The first-order valence-electron chi connectivity index (χ1n) is 18.6. The molecule has 4 heteroatoms. The Bertz CT molecular complexity index is 3090. The Balaban J connectivity index is 1.15. The molecule has 0 atom stereocenters. The lowest BCUT2D eigenvalue weighted by Crippen LogP contribution is -2.26. The van der Waals surface area contributed by atoms with Gasteiger partial charge in [0.15, 0.2) is 0 Å². The van der Waals surface area contributed by atoms with Crippen molar-refractivity contribution in [3.05, 3.63) is 197 Å². The van der Waals surface area contributed by atoms with Crippen LogP contribution in [-0.4, -0.2) is 9.55 Å². The van der Waals surface area contributed by atoms with Crippen LogP contribution < -0.4 is 0 Å². The molecule has 1 spiro atoms. The largest absolute Gasteiger partial charge is 0.309 e. The Morgan fingerprint density at radius 1 is 0.500 bits per heavy atom. The molecule has 0 fully saturated rings. The van der Waals surface area contributed by atoms with Crippen molar-refractivity contribution in [1.82, 2.24) is 9.55 Å². The molecule has 0 amide bonds. The van der Waals surface area contributed by atoms with Crippen molar-refractivity contribution in [2.24, 2.45) is 0 Å². The first-order valence-corrected chi connectivity index (χ1v) is 18.6. The number of allylic oxidation sites excluding steroid dienone is 4. The molecule has 0 aliphatic heterocycles. The quantitative estimate of drug-likeness (QED) is 0.165. The van der Waals surface area contributed by atoms with Gasteiger partial charge >= 0.3 is 0 Å². The van der Waals surface area contributed by atoms with Gasteiger partial charge in [-0.25, -0.2) is 13.8 Å². The third-order valence-electron chi connectivity index (χ3n) is 12.1. The van der Waals surface area contributed by atoms with E-state index in [4.69, 9.17) is 4.98 Å². The van der Waals surface area contributed by atoms with E-state index in [1.165, 1.54) is 74.2 Å². The number of pyridine rings is 1. The first kappa shape index (κ1) is 29.9. The number of hydrogen-bond acceptors (Lipinski definition) is 1. The maximum Gasteiger partial charge on any atom is 0.123 e. The number of nitrogens with zero attached hydrogens (tertiary/aromatic N) is 2. The molecule has 0 unspecified atom stereocenters. The summed E-state index contributed by atoms with van der Waals surface area (Å²) in [6.45, 7) is 0. The summed E-state index contributed by atoms with van der Waals surface area (Å²) in [6.07, 6.45) is 6.96. The van der Waals surface area contributed by atoms with E-state index >= 15 is 0 Å². The van der Waals surface area contributed by atoms with Gasteiger partial charge in [0, 0.05) is 32.8 Å². The maximum atomic E-state index is 14.6. The second-order valence-corrected chi connectivity index (χ2v) is 14.8. The molecular weight excluding hydrogens is 667 g/mol. The van der Waals surface area contributed by atoms with E-state index < -0.39 is 5.41 Å². The average Bonchev–Trinajstić information content (AvgIpc) is 3.81. The van der Waals surface area contributed by atoms with Crippen molar-refractivity contribution in [3.63, 3.8) is 0 Å². The number of rotatable bonds is 2. The van der Waals surface area contributed by atoms with Crippen LogP contribution in [0.25, 0.3) is 77.1 Å². The summed E-state index contributed by atoms with van der Waals surface area (Å²) >= 11 is 0. The van der Waals surface area contributed by atoms with Crippen LogP contribution in [0.15, 0.2) is 163 Å². The second kappa shape index (κ2) is 10.7. The summed E-state index contributed by atoms with van der Waals surface area (Å²) in [4.78, 5) is 5.39. The highest BCUT2D eigenvalue weighted by atomic mass is 19.1. The van der Waals surface area contributed by atoms with E-state index in [-0.39, 0.29) is 11.6 Å². The molecule has 0 radical (unpaired) electrons. The maximum absolute atomic E-state index is 14.6. The standard InChI is InChI=1S/C50H30F2N2/c51-30-20-22-47-39(25-30)40-26-31(52)21-23-48(40)54(47)32-11-9-10-29(24-32)49-41-27-38-35-14-3-7-18-44(35)50(45(38)28-37(41)36-15-4-8-19-46(36)53-49)42-16-5-1-12-33(42)34-13-2-6-17-43(34)50/h1-2,4-6,8-28H,3,7H2. The Morgan fingerprint density at radius 3 is 1.91 bits per heavy atom. The summed E-state index contributed by atoms with van der Waals surface area (Å²) in [5.41, 5.74) is 15.5. The van der Waals surface area contributed by atoms with Gasteiger partial charge in [-0.05, 0) is 129 Å². The van der Waals surface area contributed by atoms with Crippen LogP contribution in [0.3, 0.4) is 0 Å². The fraction of sp³-hybridized carbons (Fsp3) is 0.0600. The molecule has 0 N–H and O–H groups in total. The second-order valence-electron chi connectivity index (χ2n) is 14.8. The van der Waals surface area contributed by atoms with Gasteiger partial charge in [0.25, 0.3) is 0 Å². The Labute approximate surface area is 310 Å². The van der Waals surface area contributed by atoms with Crippen molar-refractivity contribution >= 4 is 49.1 Å². The molecule has 2 aromatic heterocycles. The van der Waals surface area contributed by atoms with E-state index in [2.05, 4.69) is 126 Å². The lowest BCUT2D eigenvalue weighted by Gasteiger charge is -2.32. The number of aromatic nitrogens is 2. The van der Waals surface area contributed by atoms with E-state index in [1.54, 1.807) is 12.1 Å². The minimum absolute atomic E-state index is 0.351. The van der Waals surface area contributed by atoms with E-state index in [0.717, 1.165) is 57.1 Å². The van der Waals surface area contributed by atoms with Crippen LogP contribution in [0.2, 0.25) is 0 Å². The van der Waals surface area contributed by atoms with Gasteiger partial charge in [0.2, 0.25) is 0 Å². The molecule has 2 nitrogen and oxygen atoms in total. The molecule has 3 aliphatic rings. The molecule has 0 saturated heterocycles. The third kappa shape index (κ3) is 3.79. The van der Waals surface area contributed by atoms with Crippen molar-refractivity contribution in [2.75, 3.05) is 0 Å². The Kier molecular flexibility index (Phi) is 5.92. The number of hydrogen-bond donors (Lipinski definition) is 0. The fourth-order valence-electron chi connectivity index (χ4n) is 10.0.